The average Bonchev–Trinajstić information content (AvgIpc) is 2.72. The van der Waals surface area contributed by atoms with E-state index in [1.165, 1.54) is 17.7 Å². The molecule has 3 amide bonds. The van der Waals surface area contributed by atoms with E-state index < -0.39 is 6.09 Å². The zero-order chi connectivity index (χ0) is 14.3. The maximum atomic E-state index is 12.5. The summed E-state index contributed by atoms with van der Waals surface area (Å²) < 4.78 is 0. The molecule has 0 aromatic carbocycles. The predicted molar refractivity (Wildman–Crippen MR) is 73.7 cm³/mol. The fraction of sp³-hybridized carbons (Fsp3) is 0.857. The largest absolute Gasteiger partial charge is 0.465 e. The van der Waals surface area contributed by atoms with Crippen molar-refractivity contribution in [2.75, 3.05) is 20.1 Å². The molecule has 6 heteroatoms. The highest BCUT2D eigenvalue weighted by molar-refractivity contribution is 5.78. The quantitative estimate of drug-likeness (QED) is 0.797. The molecule has 0 aromatic rings. The SMILES string of the molecule is CN1C(=O)N(C2CCN(C(=O)O)CC2)[C@H]2CCCC[C@@H]21. The molecule has 1 aliphatic carbocycles. The highest BCUT2D eigenvalue weighted by Gasteiger charge is 2.47. The van der Waals surface area contributed by atoms with Gasteiger partial charge in [0.25, 0.3) is 0 Å². The van der Waals surface area contributed by atoms with Crippen molar-refractivity contribution in [1.82, 2.24) is 14.7 Å². The number of likely N-dealkylation sites (N-methyl/N-ethyl adjacent to an activating group) is 1. The third-order valence-corrected chi connectivity index (χ3v) is 5.20. The minimum Gasteiger partial charge on any atom is -0.465 e. The molecule has 1 N–H and O–H groups in total. The van der Waals surface area contributed by atoms with Crippen LogP contribution in [0.4, 0.5) is 9.59 Å². The van der Waals surface area contributed by atoms with Crippen LogP contribution in [0.1, 0.15) is 38.5 Å². The number of nitrogens with zero attached hydrogens (tertiary/aromatic N) is 3. The van der Waals surface area contributed by atoms with Gasteiger partial charge in [-0.05, 0) is 25.7 Å². The lowest BCUT2D eigenvalue weighted by atomic mass is 9.89. The molecule has 0 unspecified atom stereocenters. The van der Waals surface area contributed by atoms with Gasteiger partial charge in [-0.1, -0.05) is 12.8 Å². The van der Waals surface area contributed by atoms with E-state index in [1.807, 2.05) is 11.9 Å². The normalized spacial score (nSPS) is 31.6. The Hall–Kier alpha value is -1.46. The van der Waals surface area contributed by atoms with Crippen LogP contribution < -0.4 is 0 Å². The van der Waals surface area contributed by atoms with E-state index in [-0.39, 0.29) is 12.1 Å². The van der Waals surface area contributed by atoms with Gasteiger partial charge >= 0.3 is 12.1 Å². The van der Waals surface area contributed by atoms with Gasteiger partial charge in [0.2, 0.25) is 0 Å². The number of urea groups is 1. The summed E-state index contributed by atoms with van der Waals surface area (Å²) in [6, 6.07) is 1.08. The van der Waals surface area contributed by atoms with Crippen LogP contribution in [-0.2, 0) is 0 Å². The van der Waals surface area contributed by atoms with Crippen molar-refractivity contribution in [2.24, 2.45) is 0 Å². The zero-order valence-electron chi connectivity index (χ0n) is 12.0. The second-order valence-corrected chi connectivity index (χ2v) is 6.22. The molecule has 1 saturated carbocycles. The Kier molecular flexibility index (Phi) is 3.48. The van der Waals surface area contributed by atoms with Crippen molar-refractivity contribution in [3.8, 4) is 0 Å². The Labute approximate surface area is 119 Å². The van der Waals surface area contributed by atoms with Gasteiger partial charge in [-0.2, -0.15) is 0 Å². The van der Waals surface area contributed by atoms with Gasteiger partial charge in [0.1, 0.15) is 0 Å². The molecule has 0 bridgehead atoms. The molecule has 2 atom stereocenters. The number of hydrogen-bond acceptors (Lipinski definition) is 2. The van der Waals surface area contributed by atoms with Crippen LogP contribution in [0.15, 0.2) is 0 Å². The summed E-state index contributed by atoms with van der Waals surface area (Å²) in [5.74, 6) is 0. The first kappa shape index (κ1) is 13.5. The molecule has 3 fully saturated rings. The molecule has 6 nitrogen and oxygen atoms in total. The second kappa shape index (κ2) is 5.14. The van der Waals surface area contributed by atoms with Gasteiger partial charge in [0.15, 0.2) is 0 Å². The van der Waals surface area contributed by atoms with Crippen LogP contribution in [0.2, 0.25) is 0 Å². The summed E-state index contributed by atoms with van der Waals surface area (Å²) >= 11 is 0. The first-order valence-corrected chi connectivity index (χ1v) is 7.62. The Bertz CT molecular complexity index is 406. The van der Waals surface area contributed by atoms with Gasteiger partial charge in [0.05, 0.1) is 12.1 Å². The lowest BCUT2D eigenvalue weighted by Gasteiger charge is -2.39. The van der Waals surface area contributed by atoms with E-state index in [1.54, 1.807) is 0 Å². The molecule has 112 valence electrons. The van der Waals surface area contributed by atoms with Crippen molar-refractivity contribution in [1.29, 1.82) is 0 Å². The standard InChI is InChI=1S/C14H23N3O3/c1-15-11-4-2-3-5-12(11)17(13(15)18)10-6-8-16(9-7-10)14(19)20/h10-12H,2-9H2,1H3,(H,19,20)/t11-,12-/m0/s1. The van der Waals surface area contributed by atoms with Gasteiger partial charge in [-0.25, -0.2) is 9.59 Å². The third-order valence-electron chi connectivity index (χ3n) is 5.20. The monoisotopic (exact) mass is 281 g/mol. The maximum absolute atomic E-state index is 12.5. The van der Waals surface area contributed by atoms with Crippen LogP contribution >= 0.6 is 0 Å². The summed E-state index contributed by atoms with van der Waals surface area (Å²) in [6.45, 7) is 1.09. The van der Waals surface area contributed by atoms with E-state index in [0.29, 0.717) is 25.2 Å². The number of rotatable bonds is 1. The van der Waals surface area contributed by atoms with Crippen LogP contribution in [0.25, 0.3) is 0 Å². The molecule has 3 aliphatic rings. The number of likely N-dealkylation sites (tertiary alicyclic amines) is 1. The number of fused-ring (bicyclic) bond motifs is 1. The van der Waals surface area contributed by atoms with Crippen LogP contribution in [-0.4, -0.2) is 70.2 Å². The van der Waals surface area contributed by atoms with E-state index in [2.05, 4.69) is 4.90 Å². The van der Waals surface area contributed by atoms with Crippen molar-refractivity contribution in [2.45, 2.75) is 56.7 Å². The predicted octanol–water partition coefficient (Wildman–Crippen LogP) is 1.81. The second-order valence-electron chi connectivity index (χ2n) is 6.22. The molecule has 3 rings (SSSR count). The Morgan fingerprint density at radius 1 is 1.10 bits per heavy atom. The number of piperidine rings is 1. The first-order chi connectivity index (χ1) is 9.59. The minimum absolute atomic E-state index is 0.149. The number of carbonyl (C=O) groups is 2. The van der Waals surface area contributed by atoms with Crippen molar-refractivity contribution < 1.29 is 14.7 Å². The summed E-state index contributed by atoms with van der Waals surface area (Å²) in [5.41, 5.74) is 0. The number of carboxylic acid groups (broad SMARTS) is 1. The maximum Gasteiger partial charge on any atom is 0.407 e. The zero-order valence-corrected chi connectivity index (χ0v) is 12.0. The van der Waals surface area contributed by atoms with Gasteiger partial charge < -0.3 is 19.8 Å². The summed E-state index contributed by atoms with van der Waals surface area (Å²) in [7, 11) is 1.91. The lowest BCUT2D eigenvalue weighted by molar-refractivity contribution is 0.0926. The van der Waals surface area contributed by atoms with Gasteiger partial charge in [-0.3, -0.25) is 0 Å². The van der Waals surface area contributed by atoms with Crippen molar-refractivity contribution in [3.63, 3.8) is 0 Å². The first-order valence-electron chi connectivity index (χ1n) is 7.62. The molecule has 2 heterocycles. The average molecular weight is 281 g/mol. The fourth-order valence-electron chi connectivity index (χ4n) is 4.10. The van der Waals surface area contributed by atoms with Crippen LogP contribution in [0, 0.1) is 0 Å². The van der Waals surface area contributed by atoms with Crippen molar-refractivity contribution in [3.05, 3.63) is 0 Å². The molecule has 0 spiro atoms. The minimum atomic E-state index is -0.844. The molecule has 0 radical (unpaired) electrons. The molecule has 0 aromatic heterocycles. The van der Waals surface area contributed by atoms with Gasteiger partial charge in [0, 0.05) is 26.2 Å². The highest BCUT2D eigenvalue weighted by atomic mass is 16.4. The Morgan fingerprint density at radius 2 is 1.70 bits per heavy atom. The number of amides is 3. The Morgan fingerprint density at radius 3 is 2.30 bits per heavy atom. The lowest BCUT2D eigenvalue weighted by Crippen LogP contribution is -2.50. The molecule has 2 aliphatic heterocycles. The molecule has 20 heavy (non-hydrogen) atoms. The molecular formula is C14H23N3O3. The third kappa shape index (κ3) is 2.11. The molecule has 2 saturated heterocycles. The van der Waals surface area contributed by atoms with E-state index in [0.717, 1.165) is 25.7 Å². The van der Waals surface area contributed by atoms with E-state index in [4.69, 9.17) is 5.11 Å². The molecular weight excluding hydrogens is 258 g/mol. The fourth-order valence-corrected chi connectivity index (χ4v) is 4.10. The summed E-state index contributed by atoms with van der Waals surface area (Å²) in [5, 5.41) is 9.01. The summed E-state index contributed by atoms with van der Waals surface area (Å²) in [4.78, 5) is 28.9. The van der Waals surface area contributed by atoms with Gasteiger partial charge in [-0.15, -0.1) is 0 Å². The van der Waals surface area contributed by atoms with Crippen LogP contribution in [0.3, 0.4) is 0 Å². The summed E-state index contributed by atoms with van der Waals surface area (Å²) in [6.07, 6.45) is 5.32. The number of carbonyl (C=O) groups excluding carboxylic acids is 1. The van der Waals surface area contributed by atoms with Crippen LogP contribution in [0.5, 0.6) is 0 Å². The van der Waals surface area contributed by atoms with E-state index in [9.17, 15) is 9.59 Å². The Balaban J connectivity index is 1.70. The number of hydrogen-bond donors (Lipinski definition) is 1. The smallest absolute Gasteiger partial charge is 0.407 e. The van der Waals surface area contributed by atoms with Crippen molar-refractivity contribution >= 4 is 12.1 Å². The topological polar surface area (TPSA) is 64.1 Å². The highest BCUT2D eigenvalue weighted by Crippen LogP contribution is 2.36. The van der Waals surface area contributed by atoms with E-state index >= 15 is 0 Å².